The van der Waals surface area contributed by atoms with Gasteiger partial charge in [0.15, 0.2) is 5.82 Å². The summed E-state index contributed by atoms with van der Waals surface area (Å²) < 4.78 is 17.1. The molecule has 3 rings (SSSR count). The van der Waals surface area contributed by atoms with Crippen LogP contribution in [0.15, 0.2) is 36.7 Å². The highest BCUT2D eigenvalue weighted by Gasteiger charge is 2.12. The second-order valence-electron chi connectivity index (χ2n) is 5.75. The van der Waals surface area contributed by atoms with Crippen molar-refractivity contribution >= 4 is 34.9 Å². The molecule has 26 heavy (non-hydrogen) atoms. The van der Waals surface area contributed by atoms with Crippen LogP contribution < -0.4 is 5.32 Å². The Bertz CT molecular complexity index is 917. The zero-order chi connectivity index (χ0) is 18.7. The first kappa shape index (κ1) is 18.4. The Morgan fingerprint density at radius 2 is 2.15 bits per heavy atom. The molecule has 0 aliphatic rings. The fourth-order valence-electron chi connectivity index (χ4n) is 2.45. The molecule has 1 amide bonds. The predicted octanol–water partition coefficient (Wildman–Crippen LogP) is 3.91. The molecule has 136 valence electrons. The van der Waals surface area contributed by atoms with E-state index in [0.717, 1.165) is 5.69 Å². The van der Waals surface area contributed by atoms with Gasteiger partial charge in [0.2, 0.25) is 5.91 Å². The molecule has 0 atom stereocenters. The minimum absolute atomic E-state index is 0.180. The standard InChI is InChI=1S/C17H16Cl2FN5O/c1-11-7-16(22-17(26)5-6-24-9-12(18)8-21-24)23-25(11)10-13-14(19)3-2-4-15(13)20/h2-4,7-9H,5-6,10H2,1H3,(H,22,23,26). The first-order chi connectivity index (χ1) is 12.4. The lowest BCUT2D eigenvalue weighted by atomic mass is 10.2. The molecule has 6 nitrogen and oxygen atoms in total. The molecule has 0 aliphatic carbocycles. The van der Waals surface area contributed by atoms with Crippen LogP contribution >= 0.6 is 23.2 Å². The number of anilines is 1. The van der Waals surface area contributed by atoms with E-state index in [0.29, 0.717) is 28.0 Å². The van der Waals surface area contributed by atoms with Crippen molar-refractivity contribution in [3.63, 3.8) is 0 Å². The van der Waals surface area contributed by atoms with E-state index in [-0.39, 0.29) is 18.9 Å². The highest BCUT2D eigenvalue weighted by atomic mass is 35.5. The largest absolute Gasteiger partial charge is 0.309 e. The molecule has 2 aromatic heterocycles. The SMILES string of the molecule is Cc1cc(NC(=O)CCn2cc(Cl)cn2)nn1Cc1c(F)cccc1Cl. The third-order valence-electron chi connectivity index (χ3n) is 3.79. The van der Waals surface area contributed by atoms with Gasteiger partial charge < -0.3 is 5.32 Å². The van der Waals surface area contributed by atoms with Gasteiger partial charge in [0.05, 0.1) is 17.8 Å². The molecule has 0 saturated carbocycles. The van der Waals surface area contributed by atoms with E-state index in [1.165, 1.54) is 12.3 Å². The molecule has 0 unspecified atom stereocenters. The van der Waals surface area contributed by atoms with Crippen LogP contribution in [0.4, 0.5) is 10.2 Å². The molecule has 0 saturated heterocycles. The zero-order valence-electron chi connectivity index (χ0n) is 13.9. The smallest absolute Gasteiger partial charge is 0.227 e. The Hall–Kier alpha value is -2.38. The van der Waals surface area contributed by atoms with Crippen LogP contribution in [0.1, 0.15) is 17.7 Å². The number of amides is 1. The van der Waals surface area contributed by atoms with Crippen molar-refractivity contribution in [2.24, 2.45) is 0 Å². The summed E-state index contributed by atoms with van der Waals surface area (Å²) in [7, 11) is 0. The Balaban J connectivity index is 1.63. The fourth-order valence-corrected chi connectivity index (χ4v) is 2.83. The molecule has 1 N–H and O–H groups in total. The Kier molecular flexibility index (Phi) is 5.58. The molecular formula is C17H16Cl2FN5O. The van der Waals surface area contributed by atoms with Crippen LogP contribution in [-0.4, -0.2) is 25.5 Å². The minimum atomic E-state index is -0.393. The van der Waals surface area contributed by atoms with Gasteiger partial charge in [0, 0.05) is 41.5 Å². The summed E-state index contributed by atoms with van der Waals surface area (Å²) in [5.41, 5.74) is 1.13. The van der Waals surface area contributed by atoms with Gasteiger partial charge in [-0.2, -0.15) is 10.2 Å². The molecule has 0 bridgehead atoms. The second kappa shape index (κ2) is 7.88. The van der Waals surface area contributed by atoms with E-state index in [4.69, 9.17) is 23.2 Å². The number of aromatic nitrogens is 4. The van der Waals surface area contributed by atoms with E-state index >= 15 is 0 Å². The van der Waals surface area contributed by atoms with Crippen LogP contribution in [-0.2, 0) is 17.9 Å². The lowest BCUT2D eigenvalue weighted by molar-refractivity contribution is -0.116. The Morgan fingerprint density at radius 3 is 2.85 bits per heavy atom. The third kappa shape index (κ3) is 4.42. The van der Waals surface area contributed by atoms with E-state index in [2.05, 4.69) is 15.5 Å². The van der Waals surface area contributed by atoms with Crippen molar-refractivity contribution in [1.29, 1.82) is 0 Å². The van der Waals surface area contributed by atoms with Crippen molar-refractivity contribution in [2.75, 3.05) is 5.32 Å². The Labute approximate surface area is 159 Å². The fraction of sp³-hybridized carbons (Fsp3) is 0.235. The molecule has 9 heteroatoms. The summed E-state index contributed by atoms with van der Waals surface area (Å²) in [4.78, 5) is 12.1. The van der Waals surface area contributed by atoms with E-state index in [1.807, 2.05) is 6.92 Å². The van der Waals surface area contributed by atoms with Crippen LogP contribution in [0.25, 0.3) is 0 Å². The van der Waals surface area contributed by atoms with E-state index in [9.17, 15) is 9.18 Å². The minimum Gasteiger partial charge on any atom is -0.309 e. The van der Waals surface area contributed by atoms with Crippen LogP contribution in [0.3, 0.4) is 0 Å². The van der Waals surface area contributed by atoms with E-state index < -0.39 is 5.82 Å². The average molecular weight is 396 g/mol. The number of halogens is 3. The highest BCUT2D eigenvalue weighted by Crippen LogP contribution is 2.21. The number of rotatable bonds is 6. The van der Waals surface area contributed by atoms with Gasteiger partial charge in [-0.3, -0.25) is 14.2 Å². The van der Waals surface area contributed by atoms with Gasteiger partial charge in [-0.25, -0.2) is 4.39 Å². The molecule has 0 radical (unpaired) electrons. The lowest BCUT2D eigenvalue weighted by Crippen LogP contribution is -2.15. The van der Waals surface area contributed by atoms with Gasteiger partial charge in [-0.15, -0.1) is 0 Å². The Morgan fingerprint density at radius 1 is 1.35 bits per heavy atom. The number of aryl methyl sites for hydroxylation is 2. The molecule has 3 aromatic rings. The summed E-state index contributed by atoms with van der Waals surface area (Å²) in [5.74, 6) is -0.195. The number of hydrogen-bond donors (Lipinski definition) is 1. The van der Waals surface area contributed by atoms with Crippen LogP contribution in [0, 0.1) is 12.7 Å². The van der Waals surface area contributed by atoms with Crippen molar-refractivity contribution in [2.45, 2.75) is 26.4 Å². The molecular weight excluding hydrogens is 380 g/mol. The predicted molar refractivity (Wildman–Crippen MR) is 98.0 cm³/mol. The summed E-state index contributed by atoms with van der Waals surface area (Å²) in [6, 6.07) is 6.25. The summed E-state index contributed by atoms with van der Waals surface area (Å²) in [6.45, 7) is 2.41. The normalized spacial score (nSPS) is 10.9. The third-order valence-corrected chi connectivity index (χ3v) is 4.34. The number of benzene rings is 1. The number of hydrogen-bond acceptors (Lipinski definition) is 3. The number of carbonyl (C=O) groups excluding carboxylic acids is 1. The topological polar surface area (TPSA) is 64.7 Å². The summed E-state index contributed by atoms with van der Waals surface area (Å²) >= 11 is 11.8. The number of nitrogens with one attached hydrogen (secondary N) is 1. The first-order valence-electron chi connectivity index (χ1n) is 7.87. The monoisotopic (exact) mass is 395 g/mol. The maximum atomic E-state index is 13.9. The number of carbonyl (C=O) groups is 1. The molecule has 0 fully saturated rings. The molecule has 0 spiro atoms. The zero-order valence-corrected chi connectivity index (χ0v) is 15.4. The van der Waals surface area contributed by atoms with Crippen LogP contribution in [0.2, 0.25) is 10.0 Å². The second-order valence-corrected chi connectivity index (χ2v) is 6.59. The van der Waals surface area contributed by atoms with Gasteiger partial charge in [-0.1, -0.05) is 29.3 Å². The van der Waals surface area contributed by atoms with Gasteiger partial charge in [-0.05, 0) is 19.1 Å². The maximum absolute atomic E-state index is 13.9. The molecule has 2 heterocycles. The van der Waals surface area contributed by atoms with Crippen molar-refractivity contribution < 1.29 is 9.18 Å². The van der Waals surface area contributed by atoms with Gasteiger partial charge in [0.25, 0.3) is 0 Å². The summed E-state index contributed by atoms with van der Waals surface area (Å²) in [6.07, 6.45) is 3.38. The first-order valence-corrected chi connectivity index (χ1v) is 8.63. The highest BCUT2D eigenvalue weighted by molar-refractivity contribution is 6.31. The number of nitrogens with zero attached hydrogens (tertiary/aromatic N) is 4. The van der Waals surface area contributed by atoms with Crippen molar-refractivity contribution in [1.82, 2.24) is 19.6 Å². The van der Waals surface area contributed by atoms with Crippen LogP contribution in [0.5, 0.6) is 0 Å². The quantitative estimate of drug-likeness (QED) is 0.687. The molecule has 1 aromatic carbocycles. The average Bonchev–Trinajstić information content (AvgIpc) is 3.15. The molecule has 0 aliphatic heterocycles. The van der Waals surface area contributed by atoms with Crippen molar-refractivity contribution in [3.8, 4) is 0 Å². The van der Waals surface area contributed by atoms with Gasteiger partial charge in [0.1, 0.15) is 5.82 Å². The van der Waals surface area contributed by atoms with Gasteiger partial charge >= 0.3 is 0 Å². The van der Waals surface area contributed by atoms with Crippen molar-refractivity contribution in [3.05, 3.63) is 63.8 Å². The summed E-state index contributed by atoms with van der Waals surface area (Å²) in [5, 5.41) is 11.9. The van der Waals surface area contributed by atoms with E-state index in [1.54, 1.807) is 33.8 Å². The lowest BCUT2D eigenvalue weighted by Gasteiger charge is -2.07. The maximum Gasteiger partial charge on any atom is 0.227 e.